The van der Waals surface area contributed by atoms with Crippen LogP contribution in [0.4, 0.5) is 0 Å². The maximum atomic E-state index is 11.5. The zero-order chi connectivity index (χ0) is 11.8. The lowest BCUT2D eigenvalue weighted by Crippen LogP contribution is -2.46. The Labute approximate surface area is 92.1 Å². The van der Waals surface area contributed by atoms with Crippen molar-refractivity contribution in [1.82, 2.24) is 4.90 Å². The first-order chi connectivity index (χ1) is 6.81. The van der Waals surface area contributed by atoms with E-state index in [2.05, 4.69) is 13.5 Å². The molecule has 1 amide bonds. The molecule has 0 bridgehead atoms. The summed E-state index contributed by atoms with van der Waals surface area (Å²) in [7, 11) is 0. The number of hydrogen-bond donors (Lipinski definition) is 0. The minimum atomic E-state index is -0.507. The van der Waals surface area contributed by atoms with E-state index in [0.29, 0.717) is 0 Å². The van der Waals surface area contributed by atoms with Crippen LogP contribution in [0.1, 0.15) is 34.6 Å². The molecule has 3 heteroatoms. The molecular formula is C12H21NO2. The van der Waals surface area contributed by atoms with E-state index in [1.54, 1.807) is 11.8 Å². The van der Waals surface area contributed by atoms with Gasteiger partial charge in [-0.1, -0.05) is 13.0 Å². The summed E-state index contributed by atoms with van der Waals surface area (Å²) in [5.74, 6) is 0.315. The van der Waals surface area contributed by atoms with Gasteiger partial charge in [-0.25, -0.2) is 0 Å². The molecule has 1 heterocycles. The Hall–Kier alpha value is -0.830. The maximum Gasteiger partial charge on any atom is 0.222 e. The van der Waals surface area contributed by atoms with E-state index in [4.69, 9.17) is 4.74 Å². The highest BCUT2D eigenvalue weighted by molar-refractivity contribution is 5.74. The summed E-state index contributed by atoms with van der Waals surface area (Å²) in [6, 6.07) is 0.102. The number of hydrogen-bond acceptors (Lipinski definition) is 2. The average molecular weight is 211 g/mol. The summed E-state index contributed by atoms with van der Waals surface area (Å²) < 4.78 is 5.92. The van der Waals surface area contributed by atoms with E-state index in [9.17, 15) is 4.79 Å². The van der Waals surface area contributed by atoms with E-state index >= 15 is 0 Å². The Bertz CT molecular complexity index is 273. The molecule has 0 radical (unpaired) electrons. The van der Waals surface area contributed by atoms with Crippen LogP contribution >= 0.6 is 0 Å². The molecule has 15 heavy (non-hydrogen) atoms. The summed E-state index contributed by atoms with van der Waals surface area (Å²) in [5, 5.41) is 0. The molecular weight excluding hydrogens is 190 g/mol. The van der Waals surface area contributed by atoms with Crippen molar-refractivity contribution in [1.29, 1.82) is 0 Å². The molecule has 3 atom stereocenters. The highest BCUT2D eigenvalue weighted by Gasteiger charge is 2.47. The van der Waals surface area contributed by atoms with E-state index in [0.717, 1.165) is 0 Å². The van der Waals surface area contributed by atoms with Gasteiger partial charge in [0, 0.05) is 12.8 Å². The Kier molecular flexibility index (Phi) is 3.24. The molecule has 86 valence electrons. The second-order valence-electron chi connectivity index (χ2n) is 4.75. The molecule has 0 aromatic carbocycles. The number of nitrogens with zero attached hydrogens (tertiary/aromatic N) is 1. The van der Waals surface area contributed by atoms with Crippen molar-refractivity contribution < 1.29 is 9.53 Å². The largest absolute Gasteiger partial charge is 0.350 e. The van der Waals surface area contributed by atoms with Gasteiger partial charge in [0.05, 0.1) is 12.1 Å². The van der Waals surface area contributed by atoms with E-state index in [1.165, 1.54) is 0 Å². The van der Waals surface area contributed by atoms with Gasteiger partial charge in [-0.15, -0.1) is 6.58 Å². The number of carbonyl (C=O) groups excluding carboxylic acids is 1. The second kappa shape index (κ2) is 3.97. The summed E-state index contributed by atoms with van der Waals surface area (Å²) in [6.45, 7) is 13.3. The Morgan fingerprint density at radius 2 is 2.13 bits per heavy atom. The molecule has 0 unspecified atom stereocenters. The number of rotatable bonds is 2. The van der Waals surface area contributed by atoms with Gasteiger partial charge in [-0.3, -0.25) is 4.79 Å². The molecule has 0 spiro atoms. The smallest absolute Gasteiger partial charge is 0.222 e. The first kappa shape index (κ1) is 12.2. The zero-order valence-electron chi connectivity index (χ0n) is 10.3. The Morgan fingerprint density at radius 3 is 2.47 bits per heavy atom. The molecule has 0 saturated carbocycles. The van der Waals surface area contributed by atoms with Crippen LogP contribution in [0.25, 0.3) is 0 Å². The monoisotopic (exact) mass is 211 g/mol. The van der Waals surface area contributed by atoms with E-state index in [-0.39, 0.29) is 24.0 Å². The van der Waals surface area contributed by atoms with Crippen molar-refractivity contribution in [3.05, 3.63) is 12.7 Å². The topological polar surface area (TPSA) is 29.5 Å². The summed E-state index contributed by atoms with van der Waals surface area (Å²) in [6.07, 6.45) is 1.92. The fraction of sp³-hybridized carbons (Fsp3) is 0.750. The first-order valence-electron chi connectivity index (χ1n) is 5.41. The molecule has 1 aliphatic heterocycles. The van der Waals surface area contributed by atoms with Crippen molar-refractivity contribution in [2.45, 2.75) is 52.5 Å². The van der Waals surface area contributed by atoms with Crippen LogP contribution in [0.15, 0.2) is 12.7 Å². The van der Waals surface area contributed by atoms with Gasteiger partial charge < -0.3 is 9.64 Å². The molecule has 1 rings (SSSR count). The van der Waals surface area contributed by atoms with E-state index < -0.39 is 5.72 Å². The van der Waals surface area contributed by atoms with Gasteiger partial charge in [0.2, 0.25) is 5.91 Å². The average Bonchev–Trinajstić information content (AvgIpc) is 2.35. The lowest BCUT2D eigenvalue weighted by Gasteiger charge is -2.31. The third kappa shape index (κ3) is 2.07. The number of ether oxygens (including phenoxy) is 1. The van der Waals surface area contributed by atoms with Gasteiger partial charge in [0.25, 0.3) is 0 Å². The van der Waals surface area contributed by atoms with Crippen LogP contribution in [0.3, 0.4) is 0 Å². The third-order valence-electron chi connectivity index (χ3n) is 3.12. The fourth-order valence-electron chi connectivity index (χ4n) is 2.47. The van der Waals surface area contributed by atoms with Gasteiger partial charge in [0.1, 0.15) is 5.72 Å². The van der Waals surface area contributed by atoms with Crippen molar-refractivity contribution in [3.8, 4) is 0 Å². The molecule has 0 N–H and O–H groups in total. The summed E-state index contributed by atoms with van der Waals surface area (Å²) in [5.41, 5.74) is -0.507. The fourth-order valence-corrected chi connectivity index (χ4v) is 2.47. The summed E-state index contributed by atoms with van der Waals surface area (Å²) in [4.78, 5) is 13.4. The molecule has 3 nitrogen and oxygen atoms in total. The third-order valence-corrected chi connectivity index (χ3v) is 3.12. The van der Waals surface area contributed by atoms with Crippen LogP contribution in [0.2, 0.25) is 0 Å². The van der Waals surface area contributed by atoms with Crippen molar-refractivity contribution in [2.75, 3.05) is 0 Å². The highest BCUT2D eigenvalue weighted by Crippen LogP contribution is 2.35. The molecule has 0 aromatic heterocycles. The minimum Gasteiger partial charge on any atom is -0.350 e. The maximum absolute atomic E-state index is 11.5. The van der Waals surface area contributed by atoms with Crippen LogP contribution in [0, 0.1) is 5.92 Å². The quantitative estimate of drug-likeness (QED) is 0.655. The highest BCUT2D eigenvalue weighted by atomic mass is 16.5. The van der Waals surface area contributed by atoms with Gasteiger partial charge in [-0.2, -0.15) is 0 Å². The molecule has 1 saturated heterocycles. The second-order valence-corrected chi connectivity index (χ2v) is 4.75. The minimum absolute atomic E-state index is 0.0430. The predicted molar refractivity (Wildman–Crippen MR) is 60.3 cm³/mol. The van der Waals surface area contributed by atoms with Gasteiger partial charge in [-0.05, 0) is 20.8 Å². The van der Waals surface area contributed by atoms with Crippen LogP contribution in [0.5, 0.6) is 0 Å². The normalized spacial score (nSPS) is 31.4. The lowest BCUT2D eigenvalue weighted by atomic mass is 9.99. The van der Waals surface area contributed by atoms with Gasteiger partial charge in [0.15, 0.2) is 0 Å². The zero-order valence-corrected chi connectivity index (χ0v) is 10.3. The first-order valence-corrected chi connectivity index (χ1v) is 5.41. The van der Waals surface area contributed by atoms with Crippen LogP contribution in [-0.4, -0.2) is 28.7 Å². The molecule has 1 aliphatic rings. The lowest BCUT2D eigenvalue weighted by molar-refractivity contribution is -0.145. The molecule has 1 fully saturated rings. The van der Waals surface area contributed by atoms with Crippen molar-refractivity contribution in [3.63, 3.8) is 0 Å². The Morgan fingerprint density at radius 1 is 1.60 bits per heavy atom. The van der Waals surface area contributed by atoms with E-state index in [1.807, 2.05) is 26.8 Å². The van der Waals surface area contributed by atoms with Crippen molar-refractivity contribution >= 4 is 5.91 Å². The number of amides is 1. The van der Waals surface area contributed by atoms with Gasteiger partial charge >= 0.3 is 0 Å². The van der Waals surface area contributed by atoms with Crippen LogP contribution < -0.4 is 0 Å². The molecule has 0 aliphatic carbocycles. The molecule has 0 aromatic rings. The number of carbonyl (C=O) groups is 1. The van der Waals surface area contributed by atoms with Crippen molar-refractivity contribution in [2.24, 2.45) is 5.92 Å². The SMILES string of the molecule is C=C[C@H](C)[C@@H]1OC(C)(C)N(C(C)=O)[C@@H]1C. The summed E-state index contributed by atoms with van der Waals surface area (Å²) >= 11 is 0. The predicted octanol–water partition coefficient (Wildman–Crippen LogP) is 2.18. The standard InChI is InChI=1S/C12H21NO2/c1-7-8(2)11-9(3)13(10(4)14)12(5,6)15-11/h7-9,11H,1H2,2-6H3/t8-,9+,11-/m0/s1. The Balaban J connectivity index is 2.94. The van der Waals surface area contributed by atoms with Crippen LogP contribution in [-0.2, 0) is 9.53 Å².